The predicted octanol–water partition coefficient (Wildman–Crippen LogP) is 3.79. The van der Waals surface area contributed by atoms with Gasteiger partial charge in [-0.25, -0.2) is 0 Å². The quantitative estimate of drug-likeness (QED) is 0.756. The van der Waals surface area contributed by atoms with Gasteiger partial charge in [0.25, 0.3) is 0 Å². The molecule has 0 heterocycles. The Balaban J connectivity index is 2.51. The average Bonchev–Trinajstić information content (AvgIpc) is 2.34. The summed E-state index contributed by atoms with van der Waals surface area (Å²) < 4.78 is 5.72. The zero-order valence-electron chi connectivity index (χ0n) is 12.2. The zero-order valence-corrected chi connectivity index (χ0v) is 12.2. The van der Waals surface area contributed by atoms with Gasteiger partial charge in [-0.3, -0.25) is 0 Å². The molecule has 0 aliphatic carbocycles. The third kappa shape index (κ3) is 5.54. The van der Waals surface area contributed by atoms with Gasteiger partial charge in [0.1, 0.15) is 5.75 Å². The third-order valence-corrected chi connectivity index (χ3v) is 3.04. The minimum absolute atomic E-state index is 0.241. The Bertz CT molecular complexity index is 336. The van der Waals surface area contributed by atoms with E-state index in [0.717, 1.165) is 18.7 Å². The first-order chi connectivity index (χ1) is 8.65. The number of nitrogens with one attached hydrogen (secondary N) is 1. The normalized spacial score (nSPS) is 12.7. The van der Waals surface area contributed by atoms with Crippen molar-refractivity contribution >= 4 is 0 Å². The van der Waals surface area contributed by atoms with Crippen molar-refractivity contribution < 1.29 is 4.74 Å². The molecule has 0 saturated heterocycles. The van der Waals surface area contributed by atoms with E-state index in [4.69, 9.17) is 4.74 Å². The lowest BCUT2D eigenvalue weighted by Crippen LogP contribution is -2.28. The lowest BCUT2D eigenvalue weighted by molar-refractivity contribution is 0.242. The highest BCUT2D eigenvalue weighted by molar-refractivity contribution is 5.28. The molecule has 0 bridgehead atoms. The Morgan fingerprint density at radius 2 is 2.00 bits per heavy atom. The first-order valence-electron chi connectivity index (χ1n) is 7.14. The zero-order chi connectivity index (χ0) is 13.4. The summed E-state index contributed by atoms with van der Waals surface area (Å²) in [6.45, 7) is 9.58. The van der Waals surface area contributed by atoms with E-state index in [1.807, 2.05) is 6.07 Å². The van der Waals surface area contributed by atoms with Gasteiger partial charge in [-0.05, 0) is 57.4 Å². The highest BCUT2D eigenvalue weighted by Crippen LogP contribution is 2.17. The highest BCUT2D eigenvalue weighted by atomic mass is 16.5. The maximum atomic E-state index is 5.72. The fourth-order valence-corrected chi connectivity index (χ4v) is 2.13. The first kappa shape index (κ1) is 15.0. The van der Waals surface area contributed by atoms with Gasteiger partial charge in [-0.1, -0.05) is 26.0 Å². The van der Waals surface area contributed by atoms with Crippen LogP contribution in [0.3, 0.4) is 0 Å². The molecule has 0 aromatic heterocycles. The third-order valence-electron chi connectivity index (χ3n) is 3.04. The van der Waals surface area contributed by atoms with Crippen molar-refractivity contribution in [3.05, 3.63) is 29.8 Å². The van der Waals surface area contributed by atoms with E-state index < -0.39 is 0 Å². The molecular formula is C16H27NO. The van der Waals surface area contributed by atoms with Gasteiger partial charge in [0.2, 0.25) is 0 Å². The number of rotatable bonds is 8. The van der Waals surface area contributed by atoms with Crippen molar-refractivity contribution in [3.63, 3.8) is 0 Å². The van der Waals surface area contributed by atoms with Gasteiger partial charge < -0.3 is 10.1 Å². The standard InChI is InChI=1S/C16H27NO/c1-5-15(17-6-2)11-10-14-8-7-9-16(12-14)18-13(3)4/h7-9,12-13,15,17H,5-6,10-11H2,1-4H3. The summed E-state index contributed by atoms with van der Waals surface area (Å²) in [5.41, 5.74) is 1.37. The van der Waals surface area contributed by atoms with Gasteiger partial charge in [0, 0.05) is 6.04 Å². The molecule has 1 aromatic carbocycles. The van der Waals surface area contributed by atoms with Crippen LogP contribution in [0.4, 0.5) is 0 Å². The average molecular weight is 249 g/mol. The first-order valence-corrected chi connectivity index (χ1v) is 7.14. The lowest BCUT2D eigenvalue weighted by Gasteiger charge is -2.16. The molecule has 0 aliphatic rings. The summed E-state index contributed by atoms with van der Waals surface area (Å²) in [6, 6.07) is 9.10. The molecule has 1 unspecified atom stereocenters. The monoisotopic (exact) mass is 249 g/mol. The second-order valence-electron chi connectivity index (χ2n) is 5.02. The van der Waals surface area contributed by atoms with Crippen LogP contribution in [0, 0.1) is 0 Å². The second kappa shape index (κ2) is 8.15. The van der Waals surface area contributed by atoms with Gasteiger partial charge in [0.05, 0.1) is 6.10 Å². The Kier molecular flexibility index (Phi) is 6.81. The molecule has 1 N–H and O–H groups in total. The smallest absolute Gasteiger partial charge is 0.119 e. The van der Waals surface area contributed by atoms with E-state index in [0.29, 0.717) is 6.04 Å². The minimum atomic E-state index is 0.241. The molecule has 18 heavy (non-hydrogen) atoms. The van der Waals surface area contributed by atoms with Crippen LogP contribution in [0.25, 0.3) is 0 Å². The molecule has 0 radical (unpaired) electrons. The van der Waals surface area contributed by atoms with Crippen molar-refractivity contribution in [2.24, 2.45) is 0 Å². The van der Waals surface area contributed by atoms with Crippen molar-refractivity contribution in [1.82, 2.24) is 5.32 Å². The summed E-state index contributed by atoms with van der Waals surface area (Å²) >= 11 is 0. The largest absolute Gasteiger partial charge is 0.491 e. The van der Waals surface area contributed by atoms with E-state index >= 15 is 0 Å². The molecule has 2 nitrogen and oxygen atoms in total. The summed E-state index contributed by atoms with van der Waals surface area (Å²) in [6.07, 6.45) is 3.73. The van der Waals surface area contributed by atoms with Crippen LogP contribution in [0.2, 0.25) is 0 Å². The van der Waals surface area contributed by atoms with E-state index in [1.165, 1.54) is 18.4 Å². The Hall–Kier alpha value is -1.02. The Labute approximate surface area is 112 Å². The van der Waals surface area contributed by atoms with Crippen LogP contribution in [0.15, 0.2) is 24.3 Å². The minimum Gasteiger partial charge on any atom is -0.491 e. The lowest BCUT2D eigenvalue weighted by atomic mass is 10.0. The molecular weight excluding hydrogens is 222 g/mol. The number of hydrogen-bond donors (Lipinski definition) is 1. The topological polar surface area (TPSA) is 21.3 Å². The van der Waals surface area contributed by atoms with Crippen LogP contribution in [-0.4, -0.2) is 18.7 Å². The molecule has 0 amide bonds. The molecule has 1 atom stereocenters. The molecule has 0 saturated carbocycles. The fourth-order valence-electron chi connectivity index (χ4n) is 2.13. The van der Waals surface area contributed by atoms with Crippen LogP contribution < -0.4 is 10.1 Å². The summed E-state index contributed by atoms with van der Waals surface area (Å²) in [5.74, 6) is 0.985. The van der Waals surface area contributed by atoms with Crippen LogP contribution in [0.1, 0.15) is 46.1 Å². The number of hydrogen-bond acceptors (Lipinski definition) is 2. The molecule has 0 spiro atoms. The molecule has 1 rings (SSSR count). The maximum absolute atomic E-state index is 5.72. The van der Waals surface area contributed by atoms with E-state index in [1.54, 1.807) is 0 Å². The Morgan fingerprint density at radius 3 is 2.61 bits per heavy atom. The van der Waals surface area contributed by atoms with Crippen molar-refractivity contribution in [3.8, 4) is 5.75 Å². The fraction of sp³-hybridized carbons (Fsp3) is 0.625. The number of ether oxygens (including phenoxy) is 1. The molecule has 0 aliphatic heterocycles. The predicted molar refractivity (Wildman–Crippen MR) is 78.3 cm³/mol. The maximum Gasteiger partial charge on any atom is 0.119 e. The van der Waals surface area contributed by atoms with Crippen molar-refractivity contribution in [2.75, 3.05) is 6.54 Å². The molecule has 102 valence electrons. The van der Waals surface area contributed by atoms with Crippen LogP contribution in [0.5, 0.6) is 5.75 Å². The van der Waals surface area contributed by atoms with E-state index in [9.17, 15) is 0 Å². The molecule has 0 fully saturated rings. The van der Waals surface area contributed by atoms with Crippen molar-refractivity contribution in [2.45, 2.75) is 59.1 Å². The summed E-state index contributed by atoms with van der Waals surface area (Å²) in [7, 11) is 0. The van der Waals surface area contributed by atoms with Crippen LogP contribution >= 0.6 is 0 Å². The number of benzene rings is 1. The molecule has 2 heteroatoms. The Morgan fingerprint density at radius 1 is 1.22 bits per heavy atom. The summed E-state index contributed by atoms with van der Waals surface area (Å²) in [4.78, 5) is 0. The van der Waals surface area contributed by atoms with Gasteiger partial charge >= 0.3 is 0 Å². The highest BCUT2D eigenvalue weighted by Gasteiger charge is 2.05. The second-order valence-corrected chi connectivity index (χ2v) is 5.02. The van der Waals surface area contributed by atoms with E-state index in [-0.39, 0.29) is 6.10 Å². The van der Waals surface area contributed by atoms with Gasteiger partial charge in [0.15, 0.2) is 0 Å². The van der Waals surface area contributed by atoms with E-state index in [2.05, 4.69) is 51.2 Å². The van der Waals surface area contributed by atoms with Gasteiger partial charge in [-0.15, -0.1) is 0 Å². The van der Waals surface area contributed by atoms with Crippen LogP contribution in [-0.2, 0) is 6.42 Å². The van der Waals surface area contributed by atoms with Gasteiger partial charge in [-0.2, -0.15) is 0 Å². The molecule has 1 aromatic rings. The van der Waals surface area contributed by atoms with Crippen molar-refractivity contribution in [1.29, 1.82) is 0 Å². The number of aryl methyl sites for hydroxylation is 1. The summed E-state index contributed by atoms with van der Waals surface area (Å²) in [5, 5.41) is 3.52. The SMILES string of the molecule is CCNC(CC)CCc1cccc(OC(C)C)c1.